The molecule has 37 heavy (non-hydrogen) atoms. The van der Waals surface area contributed by atoms with E-state index in [2.05, 4.69) is 5.32 Å². The van der Waals surface area contributed by atoms with Crippen LogP contribution in [0.4, 0.5) is 5.69 Å². The predicted octanol–water partition coefficient (Wildman–Crippen LogP) is 3.84. The molecule has 9 heteroatoms. The van der Waals surface area contributed by atoms with E-state index in [4.69, 9.17) is 4.74 Å². The van der Waals surface area contributed by atoms with E-state index in [0.29, 0.717) is 30.2 Å². The summed E-state index contributed by atoms with van der Waals surface area (Å²) in [5, 5.41) is 2.74. The maximum absolute atomic E-state index is 13.5. The molecule has 0 aliphatic heterocycles. The van der Waals surface area contributed by atoms with Crippen LogP contribution in [-0.4, -0.2) is 57.1 Å². The van der Waals surface area contributed by atoms with Gasteiger partial charge in [-0.2, -0.15) is 0 Å². The molecule has 3 aromatic carbocycles. The molecule has 0 aliphatic carbocycles. The fraction of sp³-hybridized carbons (Fsp3) is 0.286. The number of nitrogens with zero attached hydrogens (tertiary/aromatic N) is 2. The molecule has 0 fully saturated rings. The number of carbonyl (C=O) groups excluding carboxylic acids is 2. The Morgan fingerprint density at radius 3 is 2.03 bits per heavy atom. The summed E-state index contributed by atoms with van der Waals surface area (Å²) in [6.07, 6.45) is 1.58. The molecular weight excluding hydrogens is 490 g/mol. The number of benzene rings is 3. The smallest absolute Gasteiger partial charge is 0.244 e. The van der Waals surface area contributed by atoms with Crippen molar-refractivity contribution in [3.8, 4) is 11.5 Å². The highest BCUT2D eigenvalue weighted by molar-refractivity contribution is 7.92. The van der Waals surface area contributed by atoms with Gasteiger partial charge in [-0.05, 0) is 62.2 Å². The monoisotopic (exact) mass is 523 g/mol. The van der Waals surface area contributed by atoms with Crippen LogP contribution in [0.1, 0.15) is 19.4 Å². The van der Waals surface area contributed by atoms with Crippen molar-refractivity contribution in [2.24, 2.45) is 0 Å². The van der Waals surface area contributed by atoms with Crippen molar-refractivity contribution in [3.63, 3.8) is 0 Å². The molecule has 0 saturated heterocycles. The van der Waals surface area contributed by atoms with E-state index >= 15 is 0 Å². The van der Waals surface area contributed by atoms with Gasteiger partial charge in [0, 0.05) is 13.1 Å². The van der Waals surface area contributed by atoms with Gasteiger partial charge in [0.1, 0.15) is 24.1 Å². The Balaban J connectivity index is 1.80. The lowest BCUT2D eigenvalue weighted by atomic mass is 10.1. The standard InChI is InChI=1S/C28H33N3O5S/c1-4-29-28(33)22(2)30(20-19-23-11-7-5-8-12-23)27(32)21-31(37(3,34)35)24-15-17-26(18-16-24)36-25-13-9-6-10-14-25/h5-18,22H,4,19-21H2,1-3H3,(H,29,33)/t22-/m0/s1. The van der Waals surface area contributed by atoms with E-state index in [-0.39, 0.29) is 12.5 Å². The quantitative estimate of drug-likeness (QED) is 0.389. The average molecular weight is 524 g/mol. The van der Waals surface area contributed by atoms with Gasteiger partial charge >= 0.3 is 0 Å². The molecule has 3 rings (SSSR count). The second-order valence-corrected chi connectivity index (χ2v) is 10.5. The largest absolute Gasteiger partial charge is 0.457 e. The fourth-order valence-electron chi connectivity index (χ4n) is 3.81. The zero-order valence-corrected chi connectivity index (χ0v) is 22.1. The maximum Gasteiger partial charge on any atom is 0.244 e. The molecule has 0 saturated carbocycles. The lowest BCUT2D eigenvalue weighted by Gasteiger charge is -2.31. The summed E-state index contributed by atoms with van der Waals surface area (Å²) in [4.78, 5) is 27.5. The molecule has 0 radical (unpaired) electrons. The van der Waals surface area contributed by atoms with Crippen molar-refractivity contribution in [2.75, 3.05) is 30.2 Å². The molecule has 1 N–H and O–H groups in total. The SMILES string of the molecule is CCNC(=O)[C@H](C)N(CCc1ccccc1)C(=O)CN(c1ccc(Oc2ccccc2)cc1)S(C)(=O)=O. The zero-order chi connectivity index (χ0) is 26.8. The molecule has 0 bridgehead atoms. The Labute approximate surface area is 218 Å². The molecule has 0 heterocycles. The van der Waals surface area contributed by atoms with E-state index in [1.807, 2.05) is 60.7 Å². The second-order valence-electron chi connectivity index (χ2n) is 8.57. The summed E-state index contributed by atoms with van der Waals surface area (Å²) in [6.45, 7) is 3.71. The van der Waals surface area contributed by atoms with Gasteiger partial charge in [0.25, 0.3) is 0 Å². The summed E-state index contributed by atoms with van der Waals surface area (Å²) >= 11 is 0. The van der Waals surface area contributed by atoms with Crippen LogP contribution >= 0.6 is 0 Å². The molecule has 3 aromatic rings. The maximum atomic E-state index is 13.5. The van der Waals surface area contributed by atoms with Gasteiger partial charge in [0.2, 0.25) is 21.8 Å². The van der Waals surface area contributed by atoms with Crippen molar-refractivity contribution < 1.29 is 22.7 Å². The van der Waals surface area contributed by atoms with Crippen LogP contribution in [0.5, 0.6) is 11.5 Å². The predicted molar refractivity (Wildman–Crippen MR) is 145 cm³/mol. The Kier molecular flexibility index (Phi) is 9.68. The Hall–Kier alpha value is -3.85. The molecule has 0 aromatic heterocycles. The first kappa shape index (κ1) is 27.7. The van der Waals surface area contributed by atoms with Crippen molar-refractivity contribution >= 4 is 27.5 Å². The van der Waals surface area contributed by atoms with E-state index in [9.17, 15) is 18.0 Å². The third-order valence-corrected chi connectivity index (χ3v) is 6.93. The minimum absolute atomic E-state index is 0.266. The number of ether oxygens (including phenoxy) is 1. The average Bonchev–Trinajstić information content (AvgIpc) is 2.88. The Morgan fingerprint density at radius 1 is 0.892 bits per heavy atom. The number of hydrogen-bond donors (Lipinski definition) is 1. The van der Waals surface area contributed by atoms with E-state index in [1.165, 1.54) is 4.90 Å². The first-order valence-electron chi connectivity index (χ1n) is 12.1. The highest BCUT2D eigenvalue weighted by Gasteiger charge is 2.29. The van der Waals surface area contributed by atoms with Crippen LogP contribution in [0.25, 0.3) is 0 Å². The minimum atomic E-state index is -3.80. The first-order chi connectivity index (χ1) is 17.7. The number of nitrogens with one attached hydrogen (secondary N) is 1. The van der Waals surface area contributed by atoms with Crippen LogP contribution in [0.15, 0.2) is 84.9 Å². The molecule has 0 spiro atoms. The fourth-order valence-corrected chi connectivity index (χ4v) is 4.66. The van der Waals surface area contributed by atoms with Crippen molar-refractivity contribution in [2.45, 2.75) is 26.3 Å². The highest BCUT2D eigenvalue weighted by atomic mass is 32.2. The third-order valence-electron chi connectivity index (χ3n) is 5.79. The number of likely N-dealkylation sites (N-methyl/N-ethyl adjacent to an activating group) is 1. The lowest BCUT2D eigenvalue weighted by Crippen LogP contribution is -2.52. The number of anilines is 1. The molecule has 8 nitrogen and oxygen atoms in total. The molecule has 0 aliphatic rings. The van der Waals surface area contributed by atoms with Crippen LogP contribution in [0.2, 0.25) is 0 Å². The van der Waals surface area contributed by atoms with Crippen molar-refractivity contribution in [1.29, 1.82) is 0 Å². The summed E-state index contributed by atoms with van der Waals surface area (Å²) in [5.74, 6) is 0.421. The number of rotatable bonds is 12. The molecular formula is C28H33N3O5S. The normalized spacial score (nSPS) is 11.9. The van der Waals surface area contributed by atoms with Gasteiger partial charge < -0.3 is 15.0 Å². The van der Waals surface area contributed by atoms with E-state index in [1.54, 1.807) is 38.1 Å². The number of amides is 2. The van der Waals surface area contributed by atoms with Crippen LogP contribution in [0.3, 0.4) is 0 Å². The highest BCUT2D eigenvalue weighted by Crippen LogP contribution is 2.25. The van der Waals surface area contributed by atoms with Gasteiger partial charge in [-0.25, -0.2) is 8.42 Å². The van der Waals surface area contributed by atoms with Crippen LogP contribution < -0.4 is 14.4 Å². The third kappa shape index (κ3) is 8.08. The Morgan fingerprint density at radius 2 is 1.46 bits per heavy atom. The van der Waals surface area contributed by atoms with E-state index in [0.717, 1.165) is 16.1 Å². The van der Waals surface area contributed by atoms with Crippen molar-refractivity contribution in [1.82, 2.24) is 10.2 Å². The topological polar surface area (TPSA) is 96.0 Å². The number of carbonyl (C=O) groups is 2. The second kappa shape index (κ2) is 12.9. The summed E-state index contributed by atoms with van der Waals surface area (Å²) in [5.41, 5.74) is 1.34. The lowest BCUT2D eigenvalue weighted by molar-refractivity contribution is -0.138. The Bertz CT molecular complexity index is 1270. The first-order valence-corrected chi connectivity index (χ1v) is 14.0. The molecule has 1 atom stereocenters. The number of sulfonamides is 1. The molecule has 0 unspecified atom stereocenters. The van der Waals surface area contributed by atoms with Gasteiger partial charge in [-0.3, -0.25) is 13.9 Å². The van der Waals surface area contributed by atoms with Gasteiger partial charge in [-0.15, -0.1) is 0 Å². The summed E-state index contributed by atoms with van der Waals surface area (Å²) < 4.78 is 32.2. The van der Waals surface area contributed by atoms with Gasteiger partial charge in [-0.1, -0.05) is 48.5 Å². The zero-order valence-electron chi connectivity index (χ0n) is 21.3. The number of hydrogen-bond acceptors (Lipinski definition) is 5. The van der Waals surface area contributed by atoms with E-state index < -0.39 is 28.5 Å². The van der Waals surface area contributed by atoms with Crippen LogP contribution in [0, 0.1) is 0 Å². The van der Waals surface area contributed by atoms with Crippen molar-refractivity contribution in [3.05, 3.63) is 90.5 Å². The molecule has 2 amide bonds. The van der Waals surface area contributed by atoms with Gasteiger partial charge in [0.05, 0.1) is 11.9 Å². The number of para-hydroxylation sites is 1. The molecule has 196 valence electrons. The van der Waals surface area contributed by atoms with Gasteiger partial charge in [0.15, 0.2) is 0 Å². The summed E-state index contributed by atoms with van der Waals surface area (Å²) in [7, 11) is -3.80. The van der Waals surface area contributed by atoms with Crippen LogP contribution in [-0.2, 0) is 26.0 Å². The summed E-state index contributed by atoms with van der Waals surface area (Å²) in [6, 6.07) is 24.5. The minimum Gasteiger partial charge on any atom is -0.457 e.